The lowest BCUT2D eigenvalue weighted by molar-refractivity contribution is 0.0699. The number of hydrogen-bond donors (Lipinski definition) is 1. The summed E-state index contributed by atoms with van der Waals surface area (Å²) in [6.45, 7) is 0. The number of hydrogen-bond acceptors (Lipinski definition) is 4. The second-order valence-corrected chi connectivity index (χ2v) is 6.25. The summed E-state index contributed by atoms with van der Waals surface area (Å²) in [6, 6.07) is 14.6. The molecule has 2 aromatic carbocycles. The molecule has 0 bridgehead atoms. The summed E-state index contributed by atoms with van der Waals surface area (Å²) in [7, 11) is 1.41. The number of ether oxygens (including phenoxy) is 1. The van der Waals surface area contributed by atoms with E-state index in [0.717, 1.165) is 6.07 Å². The fourth-order valence-electron chi connectivity index (χ4n) is 3.13. The van der Waals surface area contributed by atoms with Gasteiger partial charge >= 0.3 is 5.97 Å². The summed E-state index contributed by atoms with van der Waals surface area (Å²) in [5.41, 5.74) is 1.63. The number of pyridine rings is 2. The van der Waals surface area contributed by atoms with Crippen LogP contribution in [0.3, 0.4) is 0 Å². The van der Waals surface area contributed by atoms with Gasteiger partial charge in [0.25, 0.3) is 0 Å². The van der Waals surface area contributed by atoms with Gasteiger partial charge in [-0.25, -0.2) is 23.5 Å². The minimum absolute atomic E-state index is 0.0940. The molecule has 0 saturated carbocycles. The van der Waals surface area contributed by atoms with Gasteiger partial charge in [-0.1, -0.05) is 18.2 Å². The van der Waals surface area contributed by atoms with Crippen molar-refractivity contribution in [2.24, 2.45) is 0 Å². The van der Waals surface area contributed by atoms with Crippen molar-refractivity contribution in [1.29, 1.82) is 0 Å². The molecule has 0 spiro atoms. The zero-order valence-electron chi connectivity index (χ0n) is 15.2. The molecular formula is C22H14F2N2O3. The Balaban J connectivity index is 1.89. The molecule has 0 aliphatic rings. The van der Waals surface area contributed by atoms with E-state index in [1.165, 1.54) is 31.4 Å². The standard InChI is InChI=1S/C22H14F2N2O3/c1-29-21-14(13-4-2-3-5-17(13)24)7-9-19(26-21)20-11-16(22(27)28)15-10-12(23)6-8-18(15)25-20/h2-11H,1H3,(H,27,28). The van der Waals surface area contributed by atoms with Crippen LogP contribution in [0.15, 0.2) is 60.7 Å². The van der Waals surface area contributed by atoms with Crippen molar-refractivity contribution in [2.45, 2.75) is 0 Å². The highest BCUT2D eigenvalue weighted by atomic mass is 19.1. The Morgan fingerprint density at radius 2 is 1.72 bits per heavy atom. The maximum absolute atomic E-state index is 14.2. The molecule has 0 atom stereocenters. The number of fused-ring (bicyclic) bond motifs is 1. The second-order valence-electron chi connectivity index (χ2n) is 6.25. The zero-order chi connectivity index (χ0) is 20.5. The Morgan fingerprint density at radius 3 is 2.45 bits per heavy atom. The van der Waals surface area contributed by atoms with Gasteiger partial charge in [-0.3, -0.25) is 0 Å². The van der Waals surface area contributed by atoms with Crippen molar-refractivity contribution in [1.82, 2.24) is 9.97 Å². The summed E-state index contributed by atoms with van der Waals surface area (Å²) in [5, 5.41) is 9.72. The third kappa shape index (κ3) is 3.38. The predicted molar refractivity (Wildman–Crippen MR) is 104 cm³/mol. The third-order valence-corrected chi connectivity index (χ3v) is 4.48. The van der Waals surface area contributed by atoms with Crippen molar-refractivity contribution in [3.63, 3.8) is 0 Å². The lowest BCUT2D eigenvalue weighted by Crippen LogP contribution is -2.02. The second kappa shape index (κ2) is 7.27. The van der Waals surface area contributed by atoms with Crippen LogP contribution in [-0.2, 0) is 0 Å². The van der Waals surface area contributed by atoms with Crippen LogP contribution in [0.4, 0.5) is 8.78 Å². The summed E-state index contributed by atoms with van der Waals surface area (Å²) >= 11 is 0. The summed E-state index contributed by atoms with van der Waals surface area (Å²) < 4.78 is 33.1. The normalized spacial score (nSPS) is 10.9. The molecule has 2 aromatic heterocycles. The van der Waals surface area contributed by atoms with Gasteiger partial charge in [0.05, 0.1) is 29.6 Å². The van der Waals surface area contributed by atoms with Crippen LogP contribution >= 0.6 is 0 Å². The van der Waals surface area contributed by atoms with Crippen LogP contribution in [0.5, 0.6) is 5.88 Å². The smallest absolute Gasteiger partial charge is 0.336 e. The molecule has 0 fully saturated rings. The van der Waals surface area contributed by atoms with Gasteiger partial charge in [0.2, 0.25) is 5.88 Å². The molecule has 1 N–H and O–H groups in total. The number of benzene rings is 2. The summed E-state index contributed by atoms with van der Waals surface area (Å²) in [5.74, 6) is -2.01. The molecule has 4 aromatic rings. The van der Waals surface area contributed by atoms with E-state index in [4.69, 9.17) is 4.74 Å². The number of aromatic carboxylic acids is 1. The van der Waals surface area contributed by atoms with Gasteiger partial charge < -0.3 is 9.84 Å². The van der Waals surface area contributed by atoms with Crippen LogP contribution in [0.2, 0.25) is 0 Å². The third-order valence-electron chi connectivity index (χ3n) is 4.48. The van der Waals surface area contributed by atoms with Crippen molar-refractivity contribution < 1.29 is 23.4 Å². The van der Waals surface area contributed by atoms with Crippen LogP contribution in [0.1, 0.15) is 10.4 Å². The Morgan fingerprint density at radius 1 is 0.931 bits per heavy atom. The van der Waals surface area contributed by atoms with E-state index in [0.29, 0.717) is 22.3 Å². The number of carboxylic acid groups (broad SMARTS) is 1. The van der Waals surface area contributed by atoms with E-state index >= 15 is 0 Å². The number of halogens is 2. The van der Waals surface area contributed by atoms with Crippen molar-refractivity contribution >= 4 is 16.9 Å². The number of aromatic nitrogens is 2. The fraction of sp³-hybridized carbons (Fsp3) is 0.0455. The molecule has 0 saturated heterocycles. The highest BCUT2D eigenvalue weighted by Gasteiger charge is 2.17. The number of rotatable bonds is 4. The van der Waals surface area contributed by atoms with Gasteiger partial charge in [0, 0.05) is 16.5 Å². The van der Waals surface area contributed by atoms with Crippen LogP contribution in [-0.4, -0.2) is 28.2 Å². The van der Waals surface area contributed by atoms with E-state index in [1.807, 2.05) is 0 Å². The summed E-state index contributed by atoms with van der Waals surface area (Å²) in [6.07, 6.45) is 0. The average molecular weight is 392 g/mol. The molecule has 0 radical (unpaired) electrons. The number of methoxy groups -OCH3 is 1. The molecule has 144 valence electrons. The maximum atomic E-state index is 14.2. The molecular weight excluding hydrogens is 378 g/mol. The highest BCUT2D eigenvalue weighted by molar-refractivity contribution is 6.03. The first-order chi connectivity index (χ1) is 14.0. The molecule has 0 unspecified atom stereocenters. The summed E-state index contributed by atoms with van der Waals surface area (Å²) in [4.78, 5) is 20.5. The molecule has 0 aliphatic carbocycles. The molecule has 5 nitrogen and oxygen atoms in total. The SMILES string of the molecule is COc1nc(-c2cc(C(=O)O)c3cc(F)ccc3n2)ccc1-c1ccccc1F. The van der Waals surface area contributed by atoms with Crippen molar-refractivity contribution in [3.8, 4) is 28.4 Å². The molecule has 2 heterocycles. The average Bonchev–Trinajstić information content (AvgIpc) is 2.73. The fourth-order valence-corrected chi connectivity index (χ4v) is 3.13. The van der Waals surface area contributed by atoms with Gasteiger partial charge in [0.1, 0.15) is 11.6 Å². The van der Waals surface area contributed by atoms with Gasteiger partial charge in [-0.05, 0) is 42.5 Å². The van der Waals surface area contributed by atoms with Gasteiger partial charge in [0.15, 0.2) is 0 Å². The topological polar surface area (TPSA) is 72.3 Å². The lowest BCUT2D eigenvalue weighted by atomic mass is 10.0. The first kappa shape index (κ1) is 18.5. The Labute approximate surface area is 164 Å². The quantitative estimate of drug-likeness (QED) is 0.532. The minimum Gasteiger partial charge on any atom is -0.481 e. The largest absolute Gasteiger partial charge is 0.481 e. The highest BCUT2D eigenvalue weighted by Crippen LogP contribution is 2.33. The lowest BCUT2D eigenvalue weighted by Gasteiger charge is -2.11. The Bertz CT molecular complexity index is 1260. The monoisotopic (exact) mass is 392 g/mol. The number of nitrogens with zero attached hydrogens (tertiary/aromatic N) is 2. The van der Waals surface area contributed by atoms with E-state index in [9.17, 15) is 18.7 Å². The molecule has 7 heteroatoms. The number of carboxylic acids is 1. The van der Waals surface area contributed by atoms with Crippen molar-refractivity contribution in [3.05, 3.63) is 77.9 Å². The maximum Gasteiger partial charge on any atom is 0.336 e. The number of carbonyl (C=O) groups is 1. The van der Waals surface area contributed by atoms with E-state index in [2.05, 4.69) is 9.97 Å². The first-order valence-corrected chi connectivity index (χ1v) is 8.62. The molecule has 4 rings (SSSR count). The van der Waals surface area contributed by atoms with Crippen LogP contribution in [0.25, 0.3) is 33.4 Å². The molecule has 29 heavy (non-hydrogen) atoms. The zero-order valence-corrected chi connectivity index (χ0v) is 15.2. The minimum atomic E-state index is -1.21. The van der Waals surface area contributed by atoms with E-state index in [-0.39, 0.29) is 22.5 Å². The molecule has 0 aliphatic heterocycles. The molecule has 0 amide bonds. The Hall–Kier alpha value is -3.87. The van der Waals surface area contributed by atoms with E-state index in [1.54, 1.807) is 30.3 Å². The Kier molecular flexibility index (Phi) is 4.64. The predicted octanol–water partition coefficient (Wildman–Crippen LogP) is 4.95. The van der Waals surface area contributed by atoms with Crippen molar-refractivity contribution in [2.75, 3.05) is 7.11 Å². The van der Waals surface area contributed by atoms with Crippen LogP contribution < -0.4 is 4.74 Å². The van der Waals surface area contributed by atoms with Gasteiger partial charge in [-0.2, -0.15) is 0 Å². The van der Waals surface area contributed by atoms with Crippen LogP contribution in [0, 0.1) is 11.6 Å². The van der Waals surface area contributed by atoms with E-state index < -0.39 is 17.6 Å². The van der Waals surface area contributed by atoms with Gasteiger partial charge in [-0.15, -0.1) is 0 Å². The first-order valence-electron chi connectivity index (χ1n) is 8.62.